The molecule has 0 spiro atoms. The zero-order chi connectivity index (χ0) is 18.5. The highest BCUT2D eigenvalue weighted by molar-refractivity contribution is 6.55. The van der Waals surface area contributed by atoms with E-state index in [9.17, 15) is 4.79 Å². The van der Waals surface area contributed by atoms with E-state index in [1.807, 2.05) is 33.8 Å². The van der Waals surface area contributed by atoms with Crippen molar-refractivity contribution in [3.8, 4) is 5.95 Å². The Morgan fingerprint density at radius 2 is 1.73 bits per heavy atom. The molecule has 0 saturated carbocycles. The van der Waals surface area contributed by atoms with Crippen LogP contribution in [0.1, 0.15) is 45.2 Å². The minimum atomic E-state index is -0.395. The first-order valence-corrected chi connectivity index (χ1v) is 8.73. The van der Waals surface area contributed by atoms with Crippen LogP contribution in [0.3, 0.4) is 0 Å². The third-order valence-electron chi connectivity index (χ3n) is 5.41. The monoisotopic (exact) mass is 352 g/mol. The summed E-state index contributed by atoms with van der Waals surface area (Å²) in [5.74, 6) is 0.279. The second kappa shape index (κ2) is 5.85. The Morgan fingerprint density at radius 3 is 2.38 bits per heavy atom. The maximum Gasteiger partial charge on any atom is 0.490 e. The molecule has 2 aromatic heterocycles. The Morgan fingerprint density at radius 1 is 1.08 bits per heavy atom. The predicted octanol–water partition coefficient (Wildman–Crippen LogP) is 1.98. The quantitative estimate of drug-likeness (QED) is 0.769. The van der Waals surface area contributed by atoms with E-state index >= 15 is 0 Å². The van der Waals surface area contributed by atoms with Crippen molar-refractivity contribution >= 4 is 13.2 Å². The fourth-order valence-corrected chi connectivity index (χ4v) is 3.14. The van der Waals surface area contributed by atoms with Crippen molar-refractivity contribution in [1.29, 1.82) is 0 Å². The van der Waals surface area contributed by atoms with Gasteiger partial charge >= 0.3 is 7.12 Å². The van der Waals surface area contributed by atoms with Crippen molar-refractivity contribution in [3.63, 3.8) is 0 Å². The van der Waals surface area contributed by atoms with Crippen LogP contribution in [0.4, 0.5) is 0 Å². The van der Waals surface area contributed by atoms with Gasteiger partial charge in [0.2, 0.25) is 0 Å². The molecule has 4 rings (SSSR count). The number of aromatic nitrogens is 4. The summed E-state index contributed by atoms with van der Waals surface area (Å²) in [6.07, 6.45) is 8.14. The lowest BCUT2D eigenvalue weighted by molar-refractivity contribution is 0.00578. The van der Waals surface area contributed by atoms with E-state index in [0.29, 0.717) is 18.4 Å². The summed E-state index contributed by atoms with van der Waals surface area (Å²) >= 11 is 0. The van der Waals surface area contributed by atoms with Gasteiger partial charge in [-0.25, -0.2) is 9.97 Å². The smallest absolute Gasteiger partial charge is 0.400 e. The topological polar surface area (TPSA) is 79.1 Å². The molecule has 0 N–H and O–H groups in total. The lowest BCUT2D eigenvalue weighted by atomic mass is 9.72. The average Bonchev–Trinajstić information content (AvgIpc) is 2.83. The van der Waals surface area contributed by atoms with Gasteiger partial charge in [-0.15, -0.1) is 0 Å². The van der Waals surface area contributed by atoms with Gasteiger partial charge in [-0.05, 0) is 52.1 Å². The highest BCUT2D eigenvalue weighted by Gasteiger charge is 2.52. The predicted molar refractivity (Wildman–Crippen MR) is 97.8 cm³/mol. The van der Waals surface area contributed by atoms with Crippen LogP contribution in [0.2, 0.25) is 0 Å². The van der Waals surface area contributed by atoms with E-state index in [1.165, 1.54) is 4.68 Å². The van der Waals surface area contributed by atoms with Crippen molar-refractivity contribution < 1.29 is 9.31 Å². The lowest BCUT2D eigenvalue weighted by Crippen LogP contribution is -2.41. The number of allylic oxidation sites excluding steroid dienone is 1. The highest BCUT2D eigenvalue weighted by atomic mass is 16.7. The number of hydrogen-bond donors (Lipinski definition) is 0. The first-order valence-electron chi connectivity index (χ1n) is 8.73. The fraction of sp³-hybridized carbons (Fsp3) is 0.444. The Labute approximate surface area is 152 Å². The van der Waals surface area contributed by atoms with Crippen LogP contribution in [-0.2, 0) is 15.7 Å². The van der Waals surface area contributed by atoms with Gasteiger partial charge in [0.25, 0.3) is 11.5 Å². The summed E-state index contributed by atoms with van der Waals surface area (Å²) in [6, 6.07) is 1.70. The Balaban J connectivity index is 1.68. The number of hydrogen-bond acceptors (Lipinski definition) is 6. The summed E-state index contributed by atoms with van der Waals surface area (Å²) < 4.78 is 13.5. The zero-order valence-electron chi connectivity index (χ0n) is 15.4. The first-order chi connectivity index (χ1) is 12.3. The molecule has 0 aromatic carbocycles. The SMILES string of the molecule is CC1(C)OB(C2=Cc3cnn(-c4ncccn4)c(=O)c3CC2)OC1(C)C. The third-order valence-corrected chi connectivity index (χ3v) is 5.41. The summed E-state index contributed by atoms with van der Waals surface area (Å²) in [6.45, 7) is 8.13. The van der Waals surface area contributed by atoms with Crippen LogP contribution >= 0.6 is 0 Å². The number of rotatable bonds is 2. The minimum Gasteiger partial charge on any atom is -0.400 e. The normalized spacial score (nSPS) is 20.6. The molecule has 1 aliphatic carbocycles. The third kappa shape index (κ3) is 2.69. The zero-order valence-corrected chi connectivity index (χ0v) is 15.4. The molecule has 1 fully saturated rings. The van der Waals surface area contributed by atoms with Crippen LogP contribution < -0.4 is 5.56 Å². The summed E-state index contributed by atoms with van der Waals surface area (Å²) in [5, 5.41) is 4.23. The summed E-state index contributed by atoms with van der Waals surface area (Å²) in [7, 11) is -0.395. The van der Waals surface area contributed by atoms with E-state index in [0.717, 1.165) is 11.0 Å². The average molecular weight is 352 g/mol. The van der Waals surface area contributed by atoms with Gasteiger partial charge < -0.3 is 9.31 Å². The van der Waals surface area contributed by atoms with E-state index in [4.69, 9.17) is 9.31 Å². The van der Waals surface area contributed by atoms with Crippen molar-refractivity contribution in [1.82, 2.24) is 19.7 Å². The van der Waals surface area contributed by atoms with Crippen LogP contribution in [0, 0.1) is 0 Å². The minimum absolute atomic E-state index is 0.182. The number of nitrogens with zero attached hydrogens (tertiary/aromatic N) is 4. The van der Waals surface area contributed by atoms with Crippen LogP contribution in [0.25, 0.3) is 12.0 Å². The van der Waals surface area contributed by atoms with Crippen LogP contribution in [0.5, 0.6) is 0 Å². The van der Waals surface area contributed by atoms with Gasteiger partial charge in [0.05, 0.1) is 17.4 Å². The standard InChI is InChI=1S/C18H21BN4O3/c1-17(2)18(3,4)26-19(25-17)13-6-7-14-12(10-13)11-22-23(15(14)24)16-20-8-5-9-21-16/h5,8-11H,6-7H2,1-4H3. The molecule has 26 heavy (non-hydrogen) atoms. The first kappa shape index (κ1) is 17.1. The Hall–Kier alpha value is -2.32. The van der Waals surface area contributed by atoms with Crippen LogP contribution in [-0.4, -0.2) is 38.1 Å². The van der Waals surface area contributed by atoms with Crippen molar-refractivity contribution in [2.45, 2.75) is 51.7 Å². The van der Waals surface area contributed by atoms with Crippen molar-refractivity contribution in [2.75, 3.05) is 0 Å². The van der Waals surface area contributed by atoms with Gasteiger partial charge in [0, 0.05) is 23.5 Å². The van der Waals surface area contributed by atoms with Crippen LogP contribution in [0.15, 0.2) is 34.9 Å². The van der Waals surface area contributed by atoms with Gasteiger partial charge in [-0.3, -0.25) is 4.79 Å². The second-order valence-corrected chi connectivity index (χ2v) is 7.65. The molecular weight excluding hydrogens is 331 g/mol. The van der Waals surface area contributed by atoms with E-state index in [1.54, 1.807) is 24.7 Å². The molecule has 2 aliphatic rings. The maximum atomic E-state index is 12.8. The Bertz CT molecular complexity index is 921. The van der Waals surface area contributed by atoms with Gasteiger partial charge in [-0.2, -0.15) is 9.78 Å². The highest BCUT2D eigenvalue weighted by Crippen LogP contribution is 2.40. The molecule has 0 bridgehead atoms. The number of fused-ring (bicyclic) bond motifs is 1. The van der Waals surface area contributed by atoms with Crippen molar-refractivity contribution in [3.05, 3.63) is 51.6 Å². The molecule has 0 unspecified atom stereocenters. The molecule has 7 nitrogen and oxygen atoms in total. The van der Waals surface area contributed by atoms with Gasteiger partial charge in [-0.1, -0.05) is 6.08 Å². The van der Waals surface area contributed by atoms with Gasteiger partial charge in [0.15, 0.2) is 0 Å². The Kier molecular flexibility index (Phi) is 3.85. The van der Waals surface area contributed by atoms with Gasteiger partial charge in [0.1, 0.15) is 0 Å². The molecule has 0 radical (unpaired) electrons. The molecule has 0 amide bonds. The van der Waals surface area contributed by atoms with E-state index < -0.39 is 7.12 Å². The molecule has 8 heteroatoms. The lowest BCUT2D eigenvalue weighted by Gasteiger charge is -2.32. The fourth-order valence-electron chi connectivity index (χ4n) is 3.14. The molecular formula is C18H21BN4O3. The summed E-state index contributed by atoms with van der Waals surface area (Å²) in [5.41, 5.74) is 1.60. The largest absolute Gasteiger partial charge is 0.490 e. The molecule has 2 aromatic rings. The summed E-state index contributed by atoms with van der Waals surface area (Å²) in [4.78, 5) is 21.0. The van der Waals surface area contributed by atoms with E-state index in [2.05, 4.69) is 15.1 Å². The molecule has 0 atom stereocenters. The molecule has 1 aliphatic heterocycles. The van der Waals surface area contributed by atoms with E-state index in [-0.39, 0.29) is 22.7 Å². The molecule has 3 heterocycles. The van der Waals surface area contributed by atoms with Crippen molar-refractivity contribution in [2.24, 2.45) is 0 Å². The second-order valence-electron chi connectivity index (χ2n) is 7.65. The molecule has 1 saturated heterocycles. The molecule has 134 valence electrons. The maximum absolute atomic E-state index is 12.8.